The van der Waals surface area contributed by atoms with E-state index in [1.54, 1.807) is 4.90 Å². The quantitative estimate of drug-likeness (QED) is 0.465. The van der Waals surface area contributed by atoms with E-state index in [1.807, 2.05) is 24.0 Å². The molecule has 1 aromatic carbocycles. The summed E-state index contributed by atoms with van der Waals surface area (Å²) in [5.41, 5.74) is 3.01. The Bertz CT molecular complexity index is 986. The van der Waals surface area contributed by atoms with Crippen LogP contribution in [0.2, 0.25) is 0 Å². The standard InChI is InChI=1S/C26H36N4O5/c1-18-20-15-29-16-23(31)28-26(29)27-21(20)12-13-22(18)35-14-8-3-2-7-11-24(32)30(17-25(33)34)19-9-5-4-6-10-19/h12-13,19H,2-11,14-17H2,1H3,(H,33,34)(H,27,28,31). The molecule has 2 fully saturated rings. The summed E-state index contributed by atoms with van der Waals surface area (Å²) in [7, 11) is 0. The van der Waals surface area contributed by atoms with Crippen LogP contribution in [0.15, 0.2) is 17.1 Å². The summed E-state index contributed by atoms with van der Waals surface area (Å²) in [6.45, 7) is 3.41. The highest BCUT2D eigenvalue weighted by molar-refractivity contribution is 6.05. The fourth-order valence-corrected chi connectivity index (χ4v) is 5.22. The number of nitrogens with one attached hydrogen (secondary N) is 1. The summed E-state index contributed by atoms with van der Waals surface area (Å²) < 4.78 is 6.03. The fraction of sp³-hybridized carbons (Fsp3) is 0.615. The first-order chi connectivity index (χ1) is 16.9. The van der Waals surface area contributed by atoms with E-state index < -0.39 is 5.97 Å². The molecule has 0 unspecified atom stereocenters. The molecular weight excluding hydrogens is 448 g/mol. The molecule has 2 heterocycles. The van der Waals surface area contributed by atoms with Gasteiger partial charge in [-0.05, 0) is 50.3 Å². The van der Waals surface area contributed by atoms with Crippen molar-refractivity contribution in [1.82, 2.24) is 15.1 Å². The van der Waals surface area contributed by atoms with Crippen LogP contribution in [0, 0.1) is 6.92 Å². The van der Waals surface area contributed by atoms with Crippen molar-refractivity contribution in [2.24, 2.45) is 4.99 Å². The molecule has 2 N–H and O–H groups in total. The van der Waals surface area contributed by atoms with Crippen LogP contribution in [0.4, 0.5) is 5.69 Å². The second kappa shape index (κ2) is 11.6. The third-order valence-corrected chi connectivity index (χ3v) is 7.17. The highest BCUT2D eigenvalue weighted by atomic mass is 16.5. The normalized spacial score (nSPS) is 17.3. The van der Waals surface area contributed by atoms with Gasteiger partial charge in [0, 0.05) is 24.6 Å². The average Bonchev–Trinajstić information content (AvgIpc) is 3.21. The van der Waals surface area contributed by atoms with E-state index in [4.69, 9.17) is 4.74 Å². The third kappa shape index (κ3) is 6.32. The van der Waals surface area contributed by atoms with Crippen LogP contribution in [-0.4, -0.2) is 64.4 Å². The number of carbonyl (C=O) groups excluding carboxylic acids is 2. The fourth-order valence-electron chi connectivity index (χ4n) is 5.22. The molecule has 0 bridgehead atoms. The smallest absolute Gasteiger partial charge is 0.323 e. The number of carboxylic acid groups (broad SMARTS) is 1. The summed E-state index contributed by atoms with van der Waals surface area (Å²) in [6.07, 6.45) is 9.07. The second-order valence-corrected chi connectivity index (χ2v) is 9.75. The molecule has 2 amide bonds. The van der Waals surface area contributed by atoms with E-state index in [0.29, 0.717) is 32.1 Å². The van der Waals surface area contributed by atoms with Gasteiger partial charge in [0.15, 0.2) is 0 Å². The number of amides is 2. The molecule has 1 saturated carbocycles. The van der Waals surface area contributed by atoms with Crippen LogP contribution < -0.4 is 10.1 Å². The maximum Gasteiger partial charge on any atom is 0.323 e. The highest BCUT2D eigenvalue weighted by Gasteiger charge is 2.30. The van der Waals surface area contributed by atoms with Crippen molar-refractivity contribution in [2.45, 2.75) is 83.7 Å². The predicted molar refractivity (Wildman–Crippen MR) is 132 cm³/mol. The van der Waals surface area contributed by atoms with Crippen molar-refractivity contribution in [3.8, 4) is 5.75 Å². The van der Waals surface area contributed by atoms with Gasteiger partial charge in [-0.2, -0.15) is 0 Å². The Hall–Kier alpha value is -3.10. The zero-order valence-electron chi connectivity index (χ0n) is 20.6. The maximum absolute atomic E-state index is 12.7. The largest absolute Gasteiger partial charge is 0.493 e. The van der Waals surface area contributed by atoms with Gasteiger partial charge in [-0.1, -0.05) is 32.1 Å². The van der Waals surface area contributed by atoms with Gasteiger partial charge >= 0.3 is 5.97 Å². The Kier molecular flexibility index (Phi) is 8.25. The lowest BCUT2D eigenvalue weighted by Crippen LogP contribution is -2.44. The highest BCUT2D eigenvalue weighted by Crippen LogP contribution is 2.34. The topological polar surface area (TPSA) is 112 Å². The van der Waals surface area contributed by atoms with E-state index >= 15 is 0 Å². The molecule has 9 heteroatoms. The van der Waals surface area contributed by atoms with Crippen LogP contribution in [0.5, 0.6) is 5.75 Å². The van der Waals surface area contributed by atoms with Crippen molar-refractivity contribution < 1.29 is 24.2 Å². The molecule has 9 nitrogen and oxygen atoms in total. The molecule has 0 aromatic heterocycles. The summed E-state index contributed by atoms with van der Waals surface area (Å²) in [5, 5.41) is 12.0. The van der Waals surface area contributed by atoms with E-state index in [-0.39, 0.29) is 24.4 Å². The van der Waals surface area contributed by atoms with Crippen molar-refractivity contribution in [3.63, 3.8) is 0 Å². The molecule has 4 rings (SSSR count). The van der Waals surface area contributed by atoms with Crippen molar-refractivity contribution in [3.05, 3.63) is 23.3 Å². The summed E-state index contributed by atoms with van der Waals surface area (Å²) >= 11 is 0. The molecule has 0 spiro atoms. The number of ether oxygens (including phenoxy) is 1. The lowest BCUT2D eigenvalue weighted by Gasteiger charge is -2.33. The number of aliphatic imine (C=N–C) groups is 1. The lowest BCUT2D eigenvalue weighted by atomic mass is 9.93. The van der Waals surface area contributed by atoms with Gasteiger partial charge in [0.05, 0.1) is 12.3 Å². The molecule has 35 heavy (non-hydrogen) atoms. The molecule has 2 aliphatic heterocycles. The number of carboxylic acids is 1. The molecule has 1 aromatic rings. The van der Waals surface area contributed by atoms with Gasteiger partial charge in [-0.3, -0.25) is 19.7 Å². The van der Waals surface area contributed by atoms with Crippen molar-refractivity contribution in [1.29, 1.82) is 0 Å². The molecule has 1 saturated heterocycles. The van der Waals surface area contributed by atoms with E-state index in [2.05, 4.69) is 10.3 Å². The van der Waals surface area contributed by atoms with Crippen LogP contribution in [-0.2, 0) is 20.9 Å². The Morgan fingerprint density at radius 1 is 1.14 bits per heavy atom. The number of carbonyl (C=O) groups is 3. The monoisotopic (exact) mass is 484 g/mol. The van der Waals surface area contributed by atoms with Gasteiger partial charge in [0.25, 0.3) is 0 Å². The number of nitrogens with zero attached hydrogens (tertiary/aromatic N) is 3. The molecule has 190 valence electrons. The number of rotatable bonds is 11. The van der Waals surface area contributed by atoms with Gasteiger partial charge in [-0.25, -0.2) is 4.99 Å². The Labute approximate surface area is 206 Å². The number of fused-ring (bicyclic) bond motifs is 2. The molecule has 0 radical (unpaired) electrons. The van der Waals surface area contributed by atoms with E-state index in [9.17, 15) is 19.5 Å². The zero-order valence-corrected chi connectivity index (χ0v) is 20.6. The van der Waals surface area contributed by atoms with E-state index in [1.165, 1.54) is 6.42 Å². The van der Waals surface area contributed by atoms with Gasteiger partial charge in [-0.15, -0.1) is 0 Å². The molecule has 3 aliphatic rings. The Balaban J connectivity index is 1.17. The van der Waals surface area contributed by atoms with Crippen LogP contribution >= 0.6 is 0 Å². The van der Waals surface area contributed by atoms with Gasteiger partial charge in [0.2, 0.25) is 17.8 Å². The number of aliphatic carboxylic acids is 1. The first kappa shape index (κ1) is 25.0. The minimum absolute atomic E-state index is 0.0269. The number of benzene rings is 1. The Morgan fingerprint density at radius 2 is 1.91 bits per heavy atom. The SMILES string of the molecule is Cc1c(OCCCCCCC(=O)N(CC(=O)O)C2CCCCC2)ccc2c1CN1CC(=O)NC1=N2. The molecule has 0 atom stereocenters. The second-order valence-electron chi connectivity index (χ2n) is 9.75. The first-order valence-corrected chi connectivity index (χ1v) is 12.8. The van der Waals surface area contributed by atoms with E-state index in [0.717, 1.165) is 73.9 Å². The summed E-state index contributed by atoms with van der Waals surface area (Å²) in [4.78, 5) is 43.7. The lowest BCUT2D eigenvalue weighted by molar-refractivity contribution is -0.146. The Morgan fingerprint density at radius 3 is 2.69 bits per heavy atom. The molecular formula is C26H36N4O5. The summed E-state index contributed by atoms with van der Waals surface area (Å²) in [6, 6.07) is 3.96. The predicted octanol–water partition coefficient (Wildman–Crippen LogP) is 3.50. The minimum Gasteiger partial charge on any atom is -0.493 e. The van der Waals surface area contributed by atoms with Crippen LogP contribution in [0.3, 0.4) is 0 Å². The molecule has 1 aliphatic carbocycles. The number of hydrogen-bond acceptors (Lipinski definition) is 6. The first-order valence-electron chi connectivity index (χ1n) is 12.8. The summed E-state index contributed by atoms with van der Waals surface area (Å²) in [5.74, 6) is 0.472. The average molecular weight is 485 g/mol. The number of hydrogen-bond donors (Lipinski definition) is 2. The van der Waals surface area contributed by atoms with Crippen LogP contribution in [0.1, 0.15) is 75.3 Å². The van der Waals surface area contributed by atoms with Gasteiger partial charge in [0.1, 0.15) is 18.8 Å². The van der Waals surface area contributed by atoms with Crippen molar-refractivity contribution in [2.75, 3.05) is 19.7 Å². The zero-order chi connectivity index (χ0) is 24.8. The minimum atomic E-state index is -0.934. The number of guanidine groups is 1. The van der Waals surface area contributed by atoms with Gasteiger partial charge < -0.3 is 19.6 Å². The van der Waals surface area contributed by atoms with Crippen LogP contribution in [0.25, 0.3) is 0 Å². The maximum atomic E-state index is 12.7. The third-order valence-electron chi connectivity index (χ3n) is 7.17. The number of unbranched alkanes of at least 4 members (excludes halogenated alkanes) is 3. The van der Waals surface area contributed by atoms with Crippen molar-refractivity contribution >= 4 is 29.4 Å².